The second-order valence-electron chi connectivity index (χ2n) is 4.90. The Balaban J connectivity index is 2.11. The van der Waals surface area contributed by atoms with Crippen LogP contribution < -0.4 is 16.4 Å². The molecule has 6 heteroatoms. The third kappa shape index (κ3) is 3.85. The molecular formula is C16H19F2N3O. The highest BCUT2D eigenvalue weighted by atomic mass is 19.1. The summed E-state index contributed by atoms with van der Waals surface area (Å²) in [5.41, 5.74) is 6.12. The average molecular weight is 307 g/mol. The van der Waals surface area contributed by atoms with E-state index in [2.05, 4.69) is 10.6 Å². The molecule has 0 fully saturated rings. The third-order valence-corrected chi connectivity index (χ3v) is 3.28. The Kier molecular flexibility index (Phi) is 5.16. The zero-order chi connectivity index (χ0) is 16.1. The summed E-state index contributed by atoms with van der Waals surface area (Å²) in [7, 11) is 1.61. The molecule has 0 aliphatic carbocycles. The highest BCUT2D eigenvalue weighted by Crippen LogP contribution is 2.20. The number of nitrogen functional groups attached to an aromatic ring is 1. The highest BCUT2D eigenvalue weighted by molar-refractivity contribution is 5.60. The number of anilines is 1. The molecule has 22 heavy (non-hydrogen) atoms. The van der Waals surface area contributed by atoms with Gasteiger partial charge in [-0.25, -0.2) is 8.78 Å². The first-order valence-corrected chi connectivity index (χ1v) is 6.87. The van der Waals surface area contributed by atoms with Crippen LogP contribution in [0, 0.1) is 11.6 Å². The molecule has 1 unspecified atom stereocenters. The maximum atomic E-state index is 13.8. The minimum Gasteiger partial charge on any atom is -0.396 e. The lowest BCUT2D eigenvalue weighted by atomic mass is 10.1. The minimum absolute atomic E-state index is 0.0725. The maximum absolute atomic E-state index is 13.8. The van der Waals surface area contributed by atoms with Crippen molar-refractivity contribution >= 4 is 11.8 Å². The van der Waals surface area contributed by atoms with Crippen molar-refractivity contribution in [3.05, 3.63) is 59.0 Å². The van der Waals surface area contributed by atoms with Crippen LogP contribution >= 0.6 is 0 Å². The van der Waals surface area contributed by atoms with Gasteiger partial charge in [0, 0.05) is 19.2 Å². The number of hydrogen-bond donors (Lipinski definition) is 3. The number of methoxy groups -OCH3 is 1. The van der Waals surface area contributed by atoms with Gasteiger partial charge in [-0.15, -0.1) is 0 Å². The van der Waals surface area contributed by atoms with Crippen molar-refractivity contribution in [2.24, 2.45) is 0 Å². The van der Waals surface area contributed by atoms with Crippen molar-refractivity contribution < 1.29 is 13.5 Å². The topological polar surface area (TPSA) is 59.3 Å². The molecule has 0 aromatic heterocycles. The normalized spacial score (nSPS) is 16.0. The molecule has 0 saturated heterocycles. The molecule has 0 saturated carbocycles. The zero-order valence-electron chi connectivity index (χ0n) is 12.5. The molecular weight excluding hydrogens is 288 g/mol. The predicted molar refractivity (Wildman–Crippen MR) is 83.6 cm³/mol. The monoisotopic (exact) mass is 307 g/mol. The van der Waals surface area contributed by atoms with Crippen LogP contribution in [0.1, 0.15) is 12.5 Å². The molecule has 0 amide bonds. The van der Waals surface area contributed by atoms with Gasteiger partial charge in [0.05, 0.1) is 5.69 Å². The average Bonchev–Trinajstić information content (AvgIpc) is 2.52. The standard InChI is InChI=1S/C16H19F2N3O/c1-10(22-2)21-15-8-4-11(9-20-15)3-5-12-13(17)6-7-14(19)16(12)18/h3-8,10,20-21H,9,19H2,1-2H3. The second kappa shape index (κ2) is 7.09. The molecule has 0 radical (unpaired) electrons. The quantitative estimate of drug-likeness (QED) is 0.578. The molecule has 1 atom stereocenters. The fraction of sp³-hybridized carbons (Fsp3) is 0.250. The second-order valence-corrected chi connectivity index (χ2v) is 4.90. The van der Waals surface area contributed by atoms with E-state index in [1.54, 1.807) is 13.2 Å². The summed E-state index contributed by atoms with van der Waals surface area (Å²) in [6.45, 7) is 2.42. The molecule has 118 valence electrons. The molecule has 2 rings (SSSR count). The summed E-state index contributed by atoms with van der Waals surface area (Å²) in [5, 5.41) is 6.26. The highest BCUT2D eigenvalue weighted by Gasteiger charge is 2.10. The molecule has 0 bridgehead atoms. The van der Waals surface area contributed by atoms with E-state index in [-0.39, 0.29) is 17.5 Å². The molecule has 1 aliphatic heterocycles. The van der Waals surface area contributed by atoms with E-state index in [0.29, 0.717) is 6.54 Å². The van der Waals surface area contributed by atoms with Gasteiger partial charge in [-0.3, -0.25) is 0 Å². The fourth-order valence-electron chi connectivity index (χ4n) is 1.93. The molecule has 1 aliphatic rings. The van der Waals surface area contributed by atoms with E-state index in [1.807, 2.05) is 19.1 Å². The summed E-state index contributed by atoms with van der Waals surface area (Å²) in [5.74, 6) is -0.556. The molecule has 4 N–H and O–H groups in total. The van der Waals surface area contributed by atoms with Crippen molar-refractivity contribution in [1.82, 2.24) is 10.6 Å². The fourth-order valence-corrected chi connectivity index (χ4v) is 1.93. The number of dihydropyridines is 1. The summed E-state index contributed by atoms with van der Waals surface area (Å²) >= 11 is 0. The van der Waals surface area contributed by atoms with Crippen LogP contribution in [0.2, 0.25) is 0 Å². The van der Waals surface area contributed by atoms with Crippen molar-refractivity contribution in [2.75, 3.05) is 19.4 Å². The Morgan fingerprint density at radius 1 is 1.32 bits per heavy atom. The van der Waals surface area contributed by atoms with Gasteiger partial charge < -0.3 is 21.1 Å². The van der Waals surface area contributed by atoms with Gasteiger partial charge in [0.1, 0.15) is 17.9 Å². The van der Waals surface area contributed by atoms with Crippen LogP contribution in [0.15, 0.2) is 41.8 Å². The summed E-state index contributed by atoms with van der Waals surface area (Å²) < 4.78 is 32.5. The van der Waals surface area contributed by atoms with E-state index >= 15 is 0 Å². The number of nitrogens with one attached hydrogen (secondary N) is 2. The Bertz CT molecular complexity index is 639. The first-order valence-electron chi connectivity index (χ1n) is 6.87. The van der Waals surface area contributed by atoms with Crippen LogP contribution in [-0.4, -0.2) is 19.9 Å². The van der Waals surface area contributed by atoms with E-state index < -0.39 is 11.6 Å². The van der Waals surface area contributed by atoms with E-state index in [1.165, 1.54) is 12.1 Å². The number of nitrogens with two attached hydrogens (primary N) is 1. The molecule has 1 heterocycles. The number of halogens is 2. The zero-order valence-corrected chi connectivity index (χ0v) is 12.5. The van der Waals surface area contributed by atoms with Crippen molar-refractivity contribution in [3.8, 4) is 0 Å². The smallest absolute Gasteiger partial charge is 0.156 e. The Morgan fingerprint density at radius 3 is 2.73 bits per heavy atom. The van der Waals surface area contributed by atoms with Crippen molar-refractivity contribution in [3.63, 3.8) is 0 Å². The van der Waals surface area contributed by atoms with Gasteiger partial charge in [-0.2, -0.15) is 0 Å². The van der Waals surface area contributed by atoms with Crippen LogP contribution in [0.3, 0.4) is 0 Å². The lowest BCUT2D eigenvalue weighted by Gasteiger charge is -2.20. The largest absolute Gasteiger partial charge is 0.396 e. The van der Waals surface area contributed by atoms with Crippen LogP contribution in [0.5, 0.6) is 0 Å². The molecule has 4 nitrogen and oxygen atoms in total. The Hall–Kier alpha value is -2.34. The Morgan fingerprint density at radius 2 is 2.09 bits per heavy atom. The summed E-state index contributed by atoms with van der Waals surface area (Å²) in [6, 6.07) is 2.36. The summed E-state index contributed by atoms with van der Waals surface area (Å²) in [4.78, 5) is 0. The predicted octanol–water partition coefficient (Wildman–Crippen LogP) is 2.51. The van der Waals surface area contributed by atoms with Gasteiger partial charge in [0.2, 0.25) is 0 Å². The SMILES string of the molecule is COC(C)NC1=CC=C(C=Cc2c(F)ccc(N)c2F)CN1. The maximum Gasteiger partial charge on any atom is 0.156 e. The number of rotatable bonds is 5. The first kappa shape index (κ1) is 16.0. The van der Waals surface area contributed by atoms with Crippen LogP contribution in [0.4, 0.5) is 14.5 Å². The molecule has 0 spiro atoms. The lowest BCUT2D eigenvalue weighted by Crippen LogP contribution is -2.35. The number of benzene rings is 1. The van der Waals surface area contributed by atoms with E-state index in [4.69, 9.17) is 10.5 Å². The van der Waals surface area contributed by atoms with Crippen LogP contribution in [-0.2, 0) is 4.74 Å². The van der Waals surface area contributed by atoms with Crippen LogP contribution in [0.25, 0.3) is 6.08 Å². The van der Waals surface area contributed by atoms with Gasteiger partial charge in [-0.1, -0.05) is 12.2 Å². The van der Waals surface area contributed by atoms with Crippen molar-refractivity contribution in [1.29, 1.82) is 0 Å². The number of ether oxygens (including phenoxy) is 1. The third-order valence-electron chi connectivity index (χ3n) is 3.28. The van der Waals surface area contributed by atoms with E-state index in [9.17, 15) is 8.78 Å². The minimum atomic E-state index is -0.743. The lowest BCUT2D eigenvalue weighted by molar-refractivity contribution is 0.0965. The van der Waals surface area contributed by atoms with E-state index in [0.717, 1.165) is 17.5 Å². The van der Waals surface area contributed by atoms with Gasteiger partial charge in [-0.05, 0) is 36.8 Å². The number of hydrogen-bond acceptors (Lipinski definition) is 4. The van der Waals surface area contributed by atoms with Gasteiger partial charge in [0.15, 0.2) is 5.82 Å². The molecule has 1 aromatic rings. The van der Waals surface area contributed by atoms with Gasteiger partial charge in [0.25, 0.3) is 0 Å². The summed E-state index contributed by atoms with van der Waals surface area (Å²) in [6.07, 6.45) is 6.63. The van der Waals surface area contributed by atoms with Crippen molar-refractivity contribution in [2.45, 2.75) is 13.2 Å². The van der Waals surface area contributed by atoms with Gasteiger partial charge >= 0.3 is 0 Å². The first-order chi connectivity index (χ1) is 10.5. The Labute approximate surface area is 128 Å². The molecule has 1 aromatic carbocycles. The number of allylic oxidation sites excluding steroid dienone is 2.